The van der Waals surface area contributed by atoms with Crippen molar-refractivity contribution in [3.05, 3.63) is 48.2 Å². The predicted molar refractivity (Wildman–Crippen MR) is 81.3 cm³/mol. The minimum atomic E-state index is -3.24. The summed E-state index contributed by atoms with van der Waals surface area (Å²) in [5.41, 5.74) is 0.776. The number of aromatic nitrogens is 1. The Morgan fingerprint density at radius 1 is 1.10 bits per heavy atom. The molecule has 6 nitrogen and oxygen atoms in total. The standard InChI is InChI=1S/C14H15N3O3S/c1-15-13-5-3-4-12(17-13)14(18)16-10-6-8-11(9-7-10)21(2,19)20/h3-9H,1-2H3,(H,15,17)(H,16,18). The van der Waals surface area contributed by atoms with Crippen LogP contribution in [0, 0.1) is 0 Å². The van der Waals surface area contributed by atoms with Crippen LogP contribution in [-0.4, -0.2) is 32.6 Å². The van der Waals surface area contributed by atoms with E-state index in [1.807, 2.05) is 0 Å². The van der Waals surface area contributed by atoms with E-state index in [2.05, 4.69) is 15.6 Å². The van der Waals surface area contributed by atoms with Crippen molar-refractivity contribution in [3.63, 3.8) is 0 Å². The molecule has 0 saturated heterocycles. The monoisotopic (exact) mass is 305 g/mol. The molecule has 0 bridgehead atoms. The second kappa shape index (κ2) is 5.92. The van der Waals surface area contributed by atoms with E-state index in [0.717, 1.165) is 6.26 Å². The van der Waals surface area contributed by atoms with Gasteiger partial charge in [0.2, 0.25) is 0 Å². The van der Waals surface area contributed by atoms with Gasteiger partial charge in [-0.05, 0) is 36.4 Å². The molecule has 0 atom stereocenters. The van der Waals surface area contributed by atoms with Gasteiger partial charge in [-0.2, -0.15) is 0 Å². The summed E-state index contributed by atoms with van der Waals surface area (Å²) in [5.74, 6) is 0.231. The van der Waals surface area contributed by atoms with Gasteiger partial charge in [0, 0.05) is 19.0 Å². The summed E-state index contributed by atoms with van der Waals surface area (Å²) >= 11 is 0. The van der Waals surface area contributed by atoms with E-state index >= 15 is 0 Å². The van der Waals surface area contributed by atoms with Gasteiger partial charge in [-0.25, -0.2) is 13.4 Å². The van der Waals surface area contributed by atoms with Gasteiger partial charge in [-0.1, -0.05) is 6.07 Å². The van der Waals surface area contributed by atoms with Crippen LogP contribution < -0.4 is 10.6 Å². The quantitative estimate of drug-likeness (QED) is 0.899. The van der Waals surface area contributed by atoms with Crippen LogP contribution in [0.5, 0.6) is 0 Å². The second-order valence-corrected chi connectivity index (χ2v) is 6.42. The topological polar surface area (TPSA) is 88.2 Å². The van der Waals surface area contributed by atoms with Crippen LogP contribution in [0.3, 0.4) is 0 Å². The zero-order valence-corrected chi connectivity index (χ0v) is 12.4. The third kappa shape index (κ3) is 3.79. The molecule has 7 heteroatoms. The second-order valence-electron chi connectivity index (χ2n) is 4.41. The number of pyridine rings is 1. The normalized spacial score (nSPS) is 11.0. The summed E-state index contributed by atoms with van der Waals surface area (Å²) in [6.45, 7) is 0. The molecule has 0 aliphatic heterocycles. The third-order valence-corrected chi connectivity index (χ3v) is 3.91. The van der Waals surface area contributed by atoms with E-state index in [0.29, 0.717) is 11.5 Å². The highest BCUT2D eigenvalue weighted by Gasteiger charge is 2.10. The molecule has 0 saturated carbocycles. The zero-order chi connectivity index (χ0) is 15.5. The van der Waals surface area contributed by atoms with Crippen LogP contribution in [0.1, 0.15) is 10.5 Å². The van der Waals surface area contributed by atoms with E-state index in [-0.39, 0.29) is 16.5 Å². The highest BCUT2D eigenvalue weighted by molar-refractivity contribution is 7.90. The van der Waals surface area contributed by atoms with Gasteiger partial charge < -0.3 is 10.6 Å². The van der Waals surface area contributed by atoms with Crippen LogP contribution in [0.4, 0.5) is 11.5 Å². The molecular weight excluding hydrogens is 290 g/mol. The maximum absolute atomic E-state index is 12.0. The fraction of sp³-hybridized carbons (Fsp3) is 0.143. The number of rotatable bonds is 4. The van der Waals surface area contributed by atoms with Crippen molar-refractivity contribution in [3.8, 4) is 0 Å². The molecule has 1 heterocycles. The van der Waals surface area contributed by atoms with Gasteiger partial charge in [0.15, 0.2) is 9.84 Å². The molecule has 0 radical (unpaired) electrons. The minimum Gasteiger partial charge on any atom is -0.373 e. The Bertz CT molecular complexity index is 755. The molecule has 21 heavy (non-hydrogen) atoms. The van der Waals surface area contributed by atoms with Crippen molar-refractivity contribution in [2.24, 2.45) is 0 Å². The van der Waals surface area contributed by atoms with Gasteiger partial charge in [0.1, 0.15) is 11.5 Å². The van der Waals surface area contributed by atoms with Crippen molar-refractivity contribution in [1.82, 2.24) is 4.98 Å². The molecule has 0 aliphatic carbocycles. The maximum Gasteiger partial charge on any atom is 0.274 e. The average Bonchev–Trinajstić information content (AvgIpc) is 2.47. The molecule has 1 amide bonds. The fourth-order valence-electron chi connectivity index (χ4n) is 1.68. The summed E-state index contributed by atoms with van der Waals surface area (Å²) in [6, 6.07) is 11.0. The number of hydrogen-bond donors (Lipinski definition) is 2. The lowest BCUT2D eigenvalue weighted by Gasteiger charge is -2.07. The Hall–Kier alpha value is -2.41. The smallest absolute Gasteiger partial charge is 0.274 e. The maximum atomic E-state index is 12.0. The Labute approximate surface area is 123 Å². The van der Waals surface area contributed by atoms with Crippen LogP contribution in [-0.2, 0) is 9.84 Å². The predicted octanol–water partition coefficient (Wildman–Crippen LogP) is 1.78. The van der Waals surface area contributed by atoms with Crippen molar-refractivity contribution in [2.75, 3.05) is 23.9 Å². The lowest BCUT2D eigenvalue weighted by Crippen LogP contribution is -2.14. The van der Waals surface area contributed by atoms with E-state index in [1.165, 1.54) is 24.3 Å². The fourth-order valence-corrected chi connectivity index (χ4v) is 2.31. The van der Waals surface area contributed by atoms with Gasteiger partial charge in [0.25, 0.3) is 5.91 Å². The summed E-state index contributed by atoms with van der Waals surface area (Å²) in [6.07, 6.45) is 1.13. The lowest BCUT2D eigenvalue weighted by molar-refractivity contribution is 0.102. The summed E-state index contributed by atoms with van der Waals surface area (Å²) in [4.78, 5) is 16.4. The molecule has 110 valence electrons. The highest BCUT2D eigenvalue weighted by Crippen LogP contribution is 2.15. The average molecular weight is 305 g/mol. The van der Waals surface area contributed by atoms with Crippen molar-refractivity contribution in [2.45, 2.75) is 4.90 Å². The molecule has 0 spiro atoms. The number of sulfone groups is 1. The van der Waals surface area contributed by atoms with Crippen LogP contribution in [0.2, 0.25) is 0 Å². The first-order valence-corrected chi connectivity index (χ1v) is 8.05. The SMILES string of the molecule is CNc1cccc(C(=O)Nc2ccc(S(C)(=O)=O)cc2)n1. The minimum absolute atomic E-state index is 0.204. The van der Waals surface area contributed by atoms with Crippen molar-refractivity contribution < 1.29 is 13.2 Å². The van der Waals surface area contributed by atoms with Gasteiger partial charge in [-0.15, -0.1) is 0 Å². The Morgan fingerprint density at radius 3 is 2.33 bits per heavy atom. The summed E-state index contributed by atoms with van der Waals surface area (Å²) < 4.78 is 22.7. The molecule has 1 aromatic carbocycles. The highest BCUT2D eigenvalue weighted by atomic mass is 32.2. The van der Waals surface area contributed by atoms with E-state index in [9.17, 15) is 13.2 Å². The van der Waals surface area contributed by atoms with E-state index in [1.54, 1.807) is 25.2 Å². The third-order valence-electron chi connectivity index (χ3n) is 2.78. The lowest BCUT2D eigenvalue weighted by atomic mass is 10.3. The van der Waals surface area contributed by atoms with E-state index in [4.69, 9.17) is 0 Å². The number of carbonyl (C=O) groups is 1. The van der Waals surface area contributed by atoms with Crippen LogP contribution in [0.25, 0.3) is 0 Å². The molecule has 1 aromatic heterocycles. The largest absolute Gasteiger partial charge is 0.373 e. The molecule has 0 fully saturated rings. The number of carbonyl (C=O) groups excluding carboxylic acids is 1. The molecule has 2 rings (SSSR count). The Balaban J connectivity index is 2.16. The molecule has 0 unspecified atom stereocenters. The first-order valence-electron chi connectivity index (χ1n) is 6.16. The number of nitrogens with zero attached hydrogens (tertiary/aromatic N) is 1. The van der Waals surface area contributed by atoms with Gasteiger partial charge >= 0.3 is 0 Å². The molecular formula is C14H15N3O3S. The van der Waals surface area contributed by atoms with Crippen LogP contribution in [0.15, 0.2) is 47.4 Å². The molecule has 2 N–H and O–H groups in total. The number of anilines is 2. The number of benzene rings is 1. The number of amides is 1. The van der Waals surface area contributed by atoms with Crippen molar-refractivity contribution >= 4 is 27.2 Å². The van der Waals surface area contributed by atoms with E-state index < -0.39 is 9.84 Å². The zero-order valence-electron chi connectivity index (χ0n) is 11.6. The summed E-state index contributed by atoms with van der Waals surface area (Å²) in [5, 5.41) is 5.52. The van der Waals surface area contributed by atoms with Crippen molar-refractivity contribution in [1.29, 1.82) is 0 Å². The first kappa shape index (κ1) is 15.0. The van der Waals surface area contributed by atoms with Crippen LogP contribution >= 0.6 is 0 Å². The number of hydrogen-bond acceptors (Lipinski definition) is 5. The Kier molecular flexibility index (Phi) is 4.23. The first-order chi connectivity index (χ1) is 9.90. The Morgan fingerprint density at radius 2 is 1.76 bits per heavy atom. The van der Waals surface area contributed by atoms with Gasteiger partial charge in [-0.3, -0.25) is 4.79 Å². The molecule has 0 aliphatic rings. The molecule has 2 aromatic rings. The number of nitrogens with one attached hydrogen (secondary N) is 2. The van der Waals surface area contributed by atoms with Gasteiger partial charge in [0.05, 0.1) is 4.90 Å². The summed E-state index contributed by atoms with van der Waals surface area (Å²) in [7, 11) is -1.53.